The van der Waals surface area contributed by atoms with Gasteiger partial charge in [0.25, 0.3) is 0 Å². The van der Waals surface area contributed by atoms with E-state index < -0.39 is 0 Å². The molecule has 0 radical (unpaired) electrons. The van der Waals surface area contributed by atoms with Crippen LogP contribution in [-0.4, -0.2) is 0 Å². The van der Waals surface area contributed by atoms with Crippen molar-refractivity contribution in [1.82, 2.24) is 0 Å². The molecule has 2 nitrogen and oxygen atoms in total. The fraction of sp³-hybridized carbons (Fsp3) is 0. The van der Waals surface area contributed by atoms with Gasteiger partial charge >= 0.3 is 0 Å². The summed E-state index contributed by atoms with van der Waals surface area (Å²) in [5.74, 6) is 0. The lowest BCUT2D eigenvalue weighted by atomic mass is 9.87. The van der Waals surface area contributed by atoms with E-state index >= 15 is 0 Å². The second-order valence-electron chi connectivity index (χ2n) is 13.6. The number of hydrogen-bond acceptors (Lipinski definition) is 2. The largest absolute Gasteiger partial charge is 0.456 e. The summed E-state index contributed by atoms with van der Waals surface area (Å²) < 4.78 is 13.4. The van der Waals surface area contributed by atoms with E-state index in [1.165, 1.54) is 65.0 Å². The quantitative estimate of drug-likeness (QED) is 0.177. The van der Waals surface area contributed by atoms with Gasteiger partial charge in [0.15, 0.2) is 0 Å². The van der Waals surface area contributed by atoms with Gasteiger partial charge in [-0.25, -0.2) is 0 Å². The third-order valence-electron chi connectivity index (χ3n) is 11.0. The molecule has 0 fully saturated rings. The summed E-state index contributed by atoms with van der Waals surface area (Å²) >= 11 is 0. The molecular formula is C48H26O2. The van der Waals surface area contributed by atoms with E-state index in [1.807, 2.05) is 0 Å². The van der Waals surface area contributed by atoms with Crippen molar-refractivity contribution in [3.8, 4) is 22.3 Å². The Morgan fingerprint density at radius 1 is 0.280 bits per heavy atom. The predicted octanol–water partition coefficient (Wildman–Crippen LogP) is 14.0. The highest BCUT2D eigenvalue weighted by Gasteiger charge is 2.21. The van der Waals surface area contributed by atoms with Crippen LogP contribution in [0.1, 0.15) is 0 Å². The summed E-state index contributed by atoms with van der Waals surface area (Å²) in [7, 11) is 0. The minimum Gasteiger partial charge on any atom is -0.456 e. The van der Waals surface area contributed by atoms with Crippen molar-refractivity contribution in [1.29, 1.82) is 0 Å². The molecule has 0 atom stereocenters. The highest BCUT2D eigenvalue weighted by Crippen LogP contribution is 2.47. The molecule has 12 aromatic rings. The zero-order chi connectivity index (χ0) is 32.5. The van der Waals surface area contributed by atoms with Gasteiger partial charge in [-0.15, -0.1) is 0 Å². The summed E-state index contributed by atoms with van der Waals surface area (Å²) in [4.78, 5) is 0. The highest BCUT2D eigenvalue weighted by molar-refractivity contribution is 6.28. The first kappa shape index (κ1) is 26.3. The predicted molar refractivity (Wildman–Crippen MR) is 211 cm³/mol. The molecule has 0 saturated heterocycles. The van der Waals surface area contributed by atoms with Crippen molar-refractivity contribution in [3.05, 3.63) is 158 Å². The maximum atomic E-state index is 6.93. The normalized spacial score (nSPS) is 12.4. The van der Waals surface area contributed by atoms with Crippen LogP contribution >= 0.6 is 0 Å². The first-order chi connectivity index (χ1) is 24.7. The van der Waals surface area contributed by atoms with Gasteiger partial charge in [-0.2, -0.15) is 0 Å². The summed E-state index contributed by atoms with van der Waals surface area (Å²) in [6.45, 7) is 0. The smallest absolute Gasteiger partial charge is 0.143 e. The molecule has 0 unspecified atom stereocenters. The van der Waals surface area contributed by atoms with Crippen LogP contribution in [0.15, 0.2) is 167 Å². The molecule has 0 aliphatic carbocycles. The molecule has 0 bridgehead atoms. The minimum absolute atomic E-state index is 0.874. The maximum absolute atomic E-state index is 6.93. The van der Waals surface area contributed by atoms with E-state index in [2.05, 4.69) is 158 Å². The monoisotopic (exact) mass is 634 g/mol. The number of fused-ring (bicyclic) bond motifs is 8. The number of furan rings is 2. The van der Waals surface area contributed by atoms with E-state index in [1.54, 1.807) is 0 Å². The second kappa shape index (κ2) is 9.49. The molecule has 0 N–H and O–H groups in total. The zero-order valence-corrected chi connectivity index (χ0v) is 26.8. The molecule has 2 heteroatoms. The zero-order valence-electron chi connectivity index (χ0n) is 26.8. The topological polar surface area (TPSA) is 26.3 Å². The molecule has 0 aliphatic rings. The van der Waals surface area contributed by atoms with Crippen LogP contribution in [0.5, 0.6) is 0 Å². The third-order valence-corrected chi connectivity index (χ3v) is 11.0. The summed E-state index contributed by atoms with van der Waals surface area (Å²) in [5, 5.41) is 17.0. The van der Waals surface area contributed by atoms with Crippen LogP contribution in [0, 0.1) is 0 Å². The Labute approximate surface area is 285 Å². The van der Waals surface area contributed by atoms with Crippen LogP contribution in [0.3, 0.4) is 0 Å². The Hall–Kier alpha value is -6.64. The second-order valence-corrected chi connectivity index (χ2v) is 13.6. The lowest BCUT2D eigenvalue weighted by Crippen LogP contribution is -1.89. The van der Waals surface area contributed by atoms with Crippen LogP contribution < -0.4 is 0 Å². The molecule has 2 aromatic heterocycles. The average molecular weight is 635 g/mol. The molecule has 2 heterocycles. The van der Waals surface area contributed by atoms with Crippen LogP contribution in [0.2, 0.25) is 0 Å². The fourth-order valence-electron chi connectivity index (χ4n) is 8.62. The van der Waals surface area contributed by atoms with Gasteiger partial charge in [0.05, 0.1) is 0 Å². The molecule has 10 aromatic carbocycles. The summed E-state index contributed by atoms with van der Waals surface area (Å²) in [6, 6.07) is 57.2. The molecule has 12 rings (SSSR count). The molecule has 0 spiro atoms. The van der Waals surface area contributed by atoms with Crippen LogP contribution in [0.25, 0.3) is 120 Å². The highest BCUT2D eigenvalue weighted by atomic mass is 16.3. The number of benzene rings is 10. The van der Waals surface area contributed by atoms with Crippen molar-refractivity contribution in [3.63, 3.8) is 0 Å². The molecule has 0 aliphatic heterocycles. The Morgan fingerprint density at radius 3 is 1.58 bits per heavy atom. The maximum Gasteiger partial charge on any atom is 0.143 e. The molecular weight excluding hydrogens is 609 g/mol. The Bertz CT molecular complexity index is 3360. The van der Waals surface area contributed by atoms with Crippen molar-refractivity contribution in [2.75, 3.05) is 0 Å². The molecule has 0 saturated carbocycles. The average Bonchev–Trinajstić information content (AvgIpc) is 3.72. The molecule has 0 amide bonds. The van der Waals surface area contributed by atoms with Gasteiger partial charge in [-0.3, -0.25) is 0 Å². The van der Waals surface area contributed by atoms with Crippen molar-refractivity contribution in [2.45, 2.75) is 0 Å². The first-order valence-corrected chi connectivity index (χ1v) is 17.2. The Kier molecular flexibility index (Phi) is 5.00. The fourth-order valence-corrected chi connectivity index (χ4v) is 8.62. The number of rotatable bonds is 2. The molecule has 50 heavy (non-hydrogen) atoms. The van der Waals surface area contributed by atoms with Gasteiger partial charge in [0, 0.05) is 27.1 Å². The van der Waals surface area contributed by atoms with Crippen LogP contribution in [0.4, 0.5) is 0 Å². The third kappa shape index (κ3) is 3.52. The first-order valence-electron chi connectivity index (χ1n) is 17.2. The van der Waals surface area contributed by atoms with E-state index in [9.17, 15) is 0 Å². The van der Waals surface area contributed by atoms with E-state index in [0.29, 0.717) is 0 Å². The van der Waals surface area contributed by atoms with E-state index in [-0.39, 0.29) is 0 Å². The molecule has 230 valence electrons. The SMILES string of the molecule is c1ccc2cc3c(cc2c1)oc1cc(-c2ccc(-c4ccc5ccc6cccc7ccc4c5c67)c4c2oc2cc5ccccc5cc24)ccc13. The van der Waals surface area contributed by atoms with Gasteiger partial charge in [0.1, 0.15) is 22.3 Å². The van der Waals surface area contributed by atoms with Gasteiger partial charge in [0.2, 0.25) is 0 Å². The summed E-state index contributed by atoms with van der Waals surface area (Å²) in [6.07, 6.45) is 0. The lowest BCUT2D eigenvalue weighted by molar-refractivity contribution is 0.669. The van der Waals surface area contributed by atoms with Gasteiger partial charge in [-0.1, -0.05) is 115 Å². The summed E-state index contributed by atoms with van der Waals surface area (Å²) in [5.41, 5.74) is 8.06. The van der Waals surface area contributed by atoms with Crippen molar-refractivity contribution in [2.24, 2.45) is 0 Å². The standard InChI is InChI=1S/C48H26O2/c1-3-8-32-24-43-40(22-30(32)6-1)37-18-16-34(26-42(37)49-43)35-20-21-39(47-41-23-31-7-2-4-9-33(31)25-44(41)50-48(35)47)36-17-14-29-13-12-27-10-5-11-28-15-19-38(36)46(29)45(27)28/h1-26H. The Morgan fingerprint density at radius 2 is 0.820 bits per heavy atom. The number of hydrogen-bond donors (Lipinski definition) is 0. The van der Waals surface area contributed by atoms with E-state index in [0.717, 1.165) is 55.0 Å². The Balaban J connectivity index is 1.16. The van der Waals surface area contributed by atoms with Crippen molar-refractivity contribution >= 4 is 97.7 Å². The lowest BCUT2D eigenvalue weighted by Gasteiger charge is -2.15. The minimum atomic E-state index is 0.874. The van der Waals surface area contributed by atoms with Crippen LogP contribution in [-0.2, 0) is 0 Å². The van der Waals surface area contributed by atoms with Gasteiger partial charge in [-0.05, 0) is 113 Å². The van der Waals surface area contributed by atoms with Crippen molar-refractivity contribution < 1.29 is 8.83 Å². The van der Waals surface area contributed by atoms with E-state index in [4.69, 9.17) is 8.83 Å². The van der Waals surface area contributed by atoms with Gasteiger partial charge < -0.3 is 8.83 Å².